The van der Waals surface area contributed by atoms with Crippen molar-refractivity contribution in [3.05, 3.63) is 51.1 Å². The van der Waals surface area contributed by atoms with Crippen molar-refractivity contribution >= 4 is 22.7 Å². The lowest BCUT2D eigenvalue weighted by Gasteiger charge is -2.08. The third-order valence-corrected chi connectivity index (χ3v) is 5.31. The van der Waals surface area contributed by atoms with Crippen LogP contribution in [0.25, 0.3) is 11.0 Å². The van der Waals surface area contributed by atoms with Gasteiger partial charge in [0.2, 0.25) is 5.16 Å². The molecule has 0 spiro atoms. The van der Waals surface area contributed by atoms with Gasteiger partial charge in [0.15, 0.2) is 0 Å². The van der Waals surface area contributed by atoms with E-state index < -0.39 is 17.6 Å². The molecule has 0 saturated heterocycles. The second kappa shape index (κ2) is 6.04. The fourth-order valence-corrected chi connectivity index (χ4v) is 3.97. The van der Waals surface area contributed by atoms with Crippen LogP contribution in [0.2, 0.25) is 0 Å². The van der Waals surface area contributed by atoms with E-state index >= 15 is 0 Å². The molecule has 0 unspecified atom stereocenters. The Hall–Kier alpha value is -2.49. The van der Waals surface area contributed by atoms with E-state index in [9.17, 15) is 18.0 Å². The molecule has 0 amide bonds. The van der Waals surface area contributed by atoms with E-state index in [4.69, 9.17) is 10.3 Å². The summed E-state index contributed by atoms with van der Waals surface area (Å²) in [4.78, 5) is 11.8. The van der Waals surface area contributed by atoms with Crippen molar-refractivity contribution in [1.29, 1.82) is 0 Å². The van der Waals surface area contributed by atoms with E-state index in [0.717, 1.165) is 36.4 Å². The molecule has 0 saturated carbocycles. The zero-order valence-electron chi connectivity index (χ0n) is 13.3. The van der Waals surface area contributed by atoms with Gasteiger partial charge in [-0.05, 0) is 48.1 Å². The van der Waals surface area contributed by atoms with Gasteiger partial charge in [0.05, 0.1) is 0 Å². The van der Waals surface area contributed by atoms with Crippen LogP contribution in [0.1, 0.15) is 28.9 Å². The number of benzene rings is 1. The van der Waals surface area contributed by atoms with Crippen molar-refractivity contribution < 1.29 is 17.6 Å². The fraction of sp³-hybridized carbons (Fsp3) is 0.312. The first-order valence-electron chi connectivity index (χ1n) is 7.82. The van der Waals surface area contributed by atoms with Crippen LogP contribution in [-0.4, -0.2) is 14.9 Å². The number of nitrogen functional groups attached to an aromatic ring is 1. The highest BCUT2D eigenvalue weighted by Gasteiger charge is 2.38. The number of rotatable bonds is 3. The fourth-order valence-electron chi connectivity index (χ4n) is 3.13. The average Bonchev–Trinajstić information content (AvgIpc) is 3.16. The maximum atomic E-state index is 12.7. The smallest absolute Gasteiger partial charge is 0.423 e. The van der Waals surface area contributed by atoms with Crippen molar-refractivity contribution in [2.45, 2.75) is 36.3 Å². The van der Waals surface area contributed by atoms with Crippen molar-refractivity contribution in [1.82, 2.24) is 14.9 Å². The van der Waals surface area contributed by atoms with Crippen molar-refractivity contribution in [3.63, 3.8) is 0 Å². The Morgan fingerprint density at radius 3 is 2.62 bits per heavy atom. The van der Waals surface area contributed by atoms with Crippen LogP contribution in [0.4, 0.5) is 13.2 Å². The Morgan fingerprint density at radius 2 is 1.92 bits per heavy atom. The molecular formula is C16H13F3N4O2S. The molecule has 1 aromatic carbocycles. The zero-order valence-corrected chi connectivity index (χ0v) is 14.2. The Morgan fingerprint density at radius 1 is 1.19 bits per heavy atom. The molecule has 2 heterocycles. The van der Waals surface area contributed by atoms with Gasteiger partial charge in [0.25, 0.3) is 5.82 Å². The Labute approximate surface area is 149 Å². The first kappa shape index (κ1) is 17.0. The zero-order chi connectivity index (χ0) is 18.5. The summed E-state index contributed by atoms with van der Waals surface area (Å²) in [6.07, 6.45) is -1.72. The van der Waals surface area contributed by atoms with Crippen molar-refractivity contribution in [3.8, 4) is 0 Å². The van der Waals surface area contributed by atoms with Gasteiger partial charge in [-0.25, -0.2) is 9.47 Å². The lowest BCUT2D eigenvalue weighted by molar-refractivity contribution is -0.146. The highest BCUT2D eigenvalue weighted by Crippen LogP contribution is 2.32. The molecule has 3 aromatic rings. The topological polar surface area (TPSA) is 86.9 Å². The van der Waals surface area contributed by atoms with E-state index in [1.807, 2.05) is 12.1 Å². The highest BCUT2D eigenvalue weighted by atomic mass is 32.2. The number of nitrogens with two attached hydrogens (primary N) is 1. The van der Waals surface area contributed by atoms with Gasteiger partial charge < -0.3 is 10.3 Å². The number of hydrogen-bond donors (Lipinski definition) is 1. The van der Waals surface area contributed by atoms with Gasteiger partial charge in [0, 0.05) is 17.2 Å². The van der Waals surface area contributed by atoms with Crippen LogP contribution < -0.4 is 11.5 Å². The van der Waals surface area contributed by atoms with Gasteiger partial charge in [-0.1, -0.05) is 11.8 Å². The number of aryl methyl sites for hydroxylation is 2. The lowest BCUT2D eigenvalue weighted by Crippen LogP contribution is -2.21. The summed E-state index contributed by atoms with van der Waals surface area (Å²) in [5.41, 5.74) is 3.02. The molecule has 0 radical (unpaired) electrons. The molecule has 26 heavy (non-hydrogen) atoms. The third kappa shape index (κ3) is 2.94. The SMILES string of the molecule is Nn1c(SCc2cc(=O)oc3cc4c(cc23)CCC4)nnc1C(F)(F)F. The minimum Gasteiger partial charge on any atom is -0.423 e. The number of alkyl halides is 3. The van der Waals surface area contributed by atoms with Crippen LogP contribution in [0.5, 0.6) is 0 Å². The molecular weight excluding hydrogens is 369 g/mol. The molecule has 4 rings (SSSR count). The third-order valence-electron chi connectivity index (χ3n) is 4.32. The lowest BCUT2D eigenvalue weighted by atomic mass is 10.0. The second-order valence-corrected chi connectivity index (χ2v) is 6.97. The molecule has 6 nitrogen and oxygen atoms in total. The molecule has 2 N–H and O–H groups in total. The highest BCUT2D eigenvalue weighted by molar-refractivity contribution is 7.98. The summed E-state index contributed by atoms with van der Waals surface area (Å²) in [6.45, 7) is 0. The number of hydrogen-bond acceptors (Lipinski definition) is 6. The van der Waals surface area contributed by atoms with Crippen LogP contribution in [0, 0.1) is 0 Å². The summed E-state index contributed by atoms with van der Waals surface area (Å²) in [5, 5.41) is 7.27. The standard InChI is InChI=1S/C16H13F3N4O2S/c17-16(18,19)14-21-22-15(23(14)20)26-7-10-6-13(24)25-12-5-9-3-1-2-8(9)4-11(10)12/h4-6H,1-3,7,20H2. The summed E-state index contributed by atoms with van der Waals surface area (Å²) in [7, 11) is 0. The van der Waals surface area contributed by atoms with E-state index in [1.165, 1.54) is 17.2 Å². The summed E-state index contributed by atoms with van der Waals surface area (Å²) in [6, 6.07) is 5.21. The van der Waals surface area contributed by atoms with Gasteiger partial charge >= 0.3 is 11.8 Å². The van der Waals surface area contributed by atoms with Gasteiger partial charge in [-0.3, -0.25) is 0 Å². The van der Waals surface area contributed by atoms with Crippen LogP contribution in [-0.2, 0) is 24.8 Å². The van der Waals surface area contributed by atoms with Crippen LogP contribution in [0.15, 0.2) is 32.6 Å². The minimum atomic E-state index is -4.68. The summed E-state index contributed by atoms with van der Waals surface area (Å²) >= 11 is 0.978. The normalized spacial score (nSPS) is 14.1. The van der Waals surface area contributed by atoms with Crippen LogP contribution in [0.3, 0.4) is 0 Å². The van der Waals surface area contributed by atoms with Crippen molar-refractivity contribution in [2.24, 2.45) is 0 Å². The van der Waals surface area contributed by atoms with E-state index in [1.54, 1.807) is 0 Å². The van der Waals surface area contributed by atoms with E-state index in [0.29, 0.717) is 15.8 Å². The average molecular weight is 382 g/mol. The molecule has 0 atom stereocenters. The monoisotopic (exact) mass is 382 g/mol. The number of fused-ring (bicyclic) bond motifs is 2. The quantitative estimate of drug-likeness (QED) is 0.426. The first-order valence-corrected chi connectivity index (χ1v) is 8.80. The number of thioether (sulfide) groups is 1. The second-order valence-electron chi connectivity index (χ2n) is 6.02. The van der Waals surface area contributed by atoms with Gasteiger partial charge in [-0.15, -0.1) is 10.2 Å². The predicted molar refractivity (Wildman–Crippen MR) is 89.2 cm³/mol. The summed E-state index contributed by atoms with van der Waals surface area (Å²) in [5.74, 6) is 4.39. The predicted octanol–water partition coefficient (Wildman–Crippen LogP) is 2.90. The molecule has 136 valence electrons. The summed E-state index contributed by atoms with van der Waals surface area (Å²) < 4.78 is 43.9. The molecule has 0 bridgehead atoms. The van der Waals surface area contributed by atoms with E-state index in [2.05, 4.69) is 10.2 Å². The van der Waals surface area contributed by atoms with E-state index in [-0.39, 0.29) is 10.9 Å². The molecule has 0 aliphatic heterocycles. The molecule has 1 aliphatic rings. The van der Waals surface area contributed by atoms with Crippen LogP contribution >= 0.6 is 11.8 Å². The Balaban J connectivity index is 1.68. The largest absolute Gasteiger partial charge is 0.453 e. The molecule has 0 fully saturated rings. The maximum Gasteiger partial charge on any atom is 0.453 e. The molecule has 2 aromatic heterocycles. The minimum absolute atomic E-state index is 0.0834. The number of nitrogens with zero attached hydrogens (tertiary/aromatic N) is 3. The van der Waals surface area contributed by atoms with Gasteiger partial charge in [0.1, 0.15) is 5.58 Å². The van der Waals surface area contributed by atoms with Gasteiger partial charge in [-0.2, -0.15) is 13.2 Å². The maximum absolute atomic E-state index is 12.7. The molecule has 10 heteroatoms. The number of aromatic nitrogens is 3. The number of halogens is 3. The Kier molecular flexibility index (Phi) is 3.94. The first-order chi connectivity index (χ1) is 12.3. The Bertz CT molecular complexity index is 1060. The van der Waals surface area contributed by atoms with Crippen molar-refractivity contribution in [2.75, 3.05) is 5.84 Å². The molecule has 1 aliphatic carbocycles.